The van der Waals surface area contributed by atoms with E-state index in [1.165, 1.54) is 0 Å². The summed E-state index contributed by atoms with van der Waals surface area (Å²) in [7, 11) is 0. The van der Waals surface area contributed by atoms with Crippen molar-refractivity contribution in [2.24, 2.45) is 0 Å². The van der Waals surface area contributed by atoms with Gasteiger partial charge in [-0.05, 0) is 33.1 Å². The van der Waals surface area contributed by atoms with Gasteiger partial charge in [0.05, 0.1) is 12.2 Å². The standard InChI is InChI=1S/C13H24N2O2/c1-10(16)15-6-4-11(5-7-15)14-12-8-13(2,3)17-9-12/h11-12,14H,4-9H2,1-3H3. The lowest BCUT2D eigenvalue weighted by molar-refractivity contribution is -0.129. The second-order valence-electron chi connectivity index (χ2n) is 5.92. The van der Waals surface area contributed by atoms with Crippen LogP contribution >= 0.6 is 0 Å². The Hall–Kier alpha value is -0.610. The van der Waals surface area contributed by atoms with Crippen LogP contribution in [-0.4, -0.2) is 48.2 Å². The lowest BCUT2D eigenvalue weighted by atomic mass is 10.00. The van der Waals surface area contributed by atoms with Crippen LogP contribution in [0.3, 0.4) is 0 Å². The van der Waals surface area contributed by atoms with Gasteiger partial charge in [0.2, 0.25) is 5.91 Å². The molecule has 1 amide bonds. The highest BCUT2D eigenvalue weighted by atomic mass is 16.5. The summed E-state index contributed by atoms with van der Waals surface area (Å²) in [5.74, 6) is 0.203. The van der Waals surface area contributed by atoms with Crippen molar-refractivity contribution >= 4 is 5.91 Å². The van der Waals surface area contributed by atoms with Crippen molar-refractivity contribution < 1.29 is 9.53 Å². The van der Waals surface area contributed by atoms with Gasteiger partial charge < -0.3 is 15.0 Å². The van der Waals surface area contributed by atoms with Gasteiger partial charge in [-0.3, -0.25) is 4.79 Å². The van der Waals surface area contributed by atoms with Crippen molar-refractivity contribution in [1.82, 2.24) is 10.2 Å². The molecule has 0 aromatic rings. The lowest BCUT2D eigenvalue weighted by Crippen LogP contribution is -2.47. The van der Waals surface area contributed by atoms with Gasteiger partial charge in [0, 0.05) is 32.1 Å². The number of likely N-dealkylation sites (tertiary alicyclic amines) is 1. The second kappa shape index (κ2) is 4.94. The molecule has 1 atom stereocenters. The number of piperidine rings is 1. The third-order valence-electron chi connectivity index (χ3n) is 3.82. The molecule has 0 aromatic carbocycles. The first kappa shape index (κ1) is 12.8. The summed E-state index contributed by atoms with van der Waals surface area (Å²) in [6.07, 6.45) is 3.22. The molecule has 0 bridgehead atoms. The van der Waals surface area contributed by atoms with Crippen molar-refractivity contribution in [2.45, 2.75) is 57.7 Å². The third-order valence-corrected chi connectivity index (χ3v) is 3.82. The van der Waals surface area contributed by atoms with Crippen molar-refractivity contribution in [3.05, 3.63) is 0 Å². The summed E-state index contributed by atoms with van der Waals surface area (Å²) < 4.78 is 5.73. The van der Waals surface area contributed by atoms with Crippen LogP contribution < -0.4 is 5.32 Å². The van der Waals surface area contributed by atoms with Gasteiger partial charge in [0.25, 0.3) is 0 Å². The minimum atomic E-state index is 0.0255. The maximum atomic E-state index is 11.2. The highest BCUT2D eigenvalue weighted by molar-refractivity contribution is 5.73. The summed E-state index contributed by atoms with van der Waals surface area (Å²) in [4.78, 5) is 13.2. The summed E-state index contributed by atoms with van der Waals surface area (Å²) in [6.45, 7) is 8.55. The first-order valence-electron chi connectivity index (χ1n) is 6.62. The van der Waals surface area contributed by atoms with Crippen LogP contribution in [0.5, 0.6) is 0 Å². The minimum absolute atomic E-state index is 0.0255. The first-order valence-corrected chi connectivity index (χ1v) is 6.62. The van der Waals surface area contributed by atoms with Gasteiger partial charge in [0.15, 0.2) is 0 Å². The number of ether oxygens (including phenoxy) is 1. The van der Waals surface area contributed by atoms with Gasteiger partial charge in [-0.1, -0.05) is 0 Å². The van der Waals surface area contributed by atoms with E-state index in [1.807, 2.05) is 4.90 Å². The highest BCUT2D eigenvalue weighted by Crippen LogP contribution is 2.25. The second-order valence-corrected chi connectivity index (χ2v) is 5.92. The average Bonchev–Trinajstić information content (AvgIpc) is 2.59. The van der Waals surface area contributed by atoms with Crippen LogP contribution in [0.2, 0.25) is 0 Å². The normalized spacial score (nSPS) is 29.6. The molecule has 0 aromatic heterocycles. The Bertz CT molecular complexity index is 283. The van der Waals surface area contributed by atoms with Gasteiger partial charge in [-0.2, -0.15) is 0 Å². The number of carbonyl (C=O) groups excluding carboxylic acids is 1. The molecular formula is C13H24N2O2. The van der Waals surface area contributed by atoms with E-state index in [9.17, 15) is 4.79 Å². The number of nitrogens with zero attached hydrogens (tertiary/aromatic N) is 1. The van der Waals surface area contributed by atoms with Gasteiger partial charge in [-0.25, -0.2) is 0 Å². The van der Waals surface area contributed by atoms with E-state index in [-0.39, 0.29) is 11.5 Å². The Morgan fingerprint density at radius 1 is 1.29 bits per heavy atom. The fourth-order valence-electron chi connectivity index (χ4n) is 2.84. The Balaban J connectivity index is 1.74. The molecule has 0 aliphatic carbocycles. The van der Waals surface area contributed by atoms with E-state index in [4.69, 9.17) is 4.74 Å². The molecule has 2 aliphatic rings. The topological polar surface area (TPSA) is 41.6 Å². The molecule has 1 N–H and O–H groups in total. The van der Waals surface area contributed by atoms with Crippen LogP contribution in [0.4, 0.5) is 0 Å². The molecule has 2 rings (SSSR count). The smallest absolute Gasteiger partial charge is 0.219 e. The summed E-state index contributed by atoms with van der Waals surface area (Å²) in [5, 5.41) is 3.67. The molecule has 2 saturated heterocycles. The van der Waals surface area contributed by atoms with Crippen molar-refractivity contribution in [2.75, 3.05) is 19.7 Å². The molecule has 98 valence electrons. The van der Waals surface area contributed by atoms with Crippen LogP contribution in [0.25, 0.3) is 0 Å². The van der Waals surface area contributed by atoms with E-state index in [0.29, 0.717) is 12.1 Å². The highest BCUT2D eigenvalue weighted by Gasteiger charge is 2.33. The van der Waals surface area contributed by atoms with Gasteiger partial charge in [0.1, 0.15) is 0 Å². The van der Waals surface area contributed by atoms with E-state index in [2.05, 4.69) is 19.2 Å². The van der Waals surface area contributed by atoms with Crippen LogP contribution in [0, 0.1) is 0 Å². The van der Waals surface area contributed by atoms with E-state index in [0.717, 1.165) is 39.0 Å². The molecule has 17 heavy (non-hydrogen) atoms. The first-order chi connectivity index (χ1) is 7.96. The fraction of sp³-hybridized carbons (Fsp3) is 0.923. The average molecular weight is 240 g/mol. The summed E-state index contributed by atoms with van der Waals surface area (Å²) in [6, 6.07) is 1.03. The predicted octanol–water partition coefficient (Wildman–Crippen LogP) is 1.15. The SMILES string of the molecule is CC(=O)N1CCC(NC2COC(C)(C)C2)CC1. The van der Waals surface area contributed by atoms with Gasteiger partial charge >= 0.3 is 0 Å². The quantitative estimate of drug-likeness (QED) is 0.787. The molecule has 0 saturated carbocycles. The number of rotatable bonds is 2. The zero-order valence-corrected chi connectivity index (χ0v) is 11.2. The van der Waals surface area contributed by atoms with Crippen molar-refractivity contribution in [3.8, 4) is 0 Å². The number of hydrogen-bond donors (Lipinski definition) is 1. The zero-order chi connectivity index (χ0) is 12.5. The maximum absolute atomic E-state index is 11.2. The Kier molecular flexibility index (Phi) is 3.73. The van der Waals surface area contributed by atoms with Crippen molar-refractivity contribution in [1.29, 1.82) is 0 Å². The Labute approximate surface area is 104 Å². The van der Waals surface area contributed by atoms with Crippen LogP contribution in [0.15, 0.2) is 0 Å². The van der Waals surface area contributed by atoms with Gasteiger partial charge in [-0.15, -0.1) is 0 Å². The third kappa shape index (κ3) is 3.42. The molecule has 2 fully saturated rings. The lowest BCUT2D eigenvalue weighted by Gasteiger charge is -2.33. The zero-order valence-electron chi connectivity index (χ0n) is 11.2. The molecule has 0 radical (unpaired) electrons. The molecule has 4 nitrogen and oxygen atoms in total. The number of hydrogen-bond acceptors (Lipinski definition) is 3. The number of amides is 1. The maximum Gasteiger partial charge on any atom is 0.219 e. The van der Waals surface area contributed by atoms with Crippen LogP contribution in [-0.2, 0) is 9.53 Å². The molecular weight excluding hydrogens is 216 g/mol. The van der Waals surface area contributed by atoms with Crippen molar-refractivity contribution in [3.63, 3.8) is 0 Å². The number of nitrogens with one attached hydrogen (secondary N) is 1. The summed E-state index contributed by atoms with van der Waals surface area (Å²) in [5.41, 5.74) is 0.0255. The largest absolute Gasteiger partial charge is 0.374 e. The van der Waals surface area contributed by atoms with E-state index in [1.54, 1.807) is 6.92 Å². The van der Waals surface area contributed by atoms with E-state index < -0.39 is 0 Å². The molecule has 2 aliphatic heterocycles. The monoisotopic (exact) mass is 240 g/mol. The Morgan fingerprint density at radius 2 is 1.94 bits per heavy atom. The molecule has 0 spiro atoms. The molecule has 4 heteroatoms. The summed E-state index contributed by atoms with van der Waals surface area (Å²) >= 11 is 0. The Morgan fingerprint density at radius 3 is 2.41 bits per heavy atom. The van der Waals surface area contributed by atoms with E-state index >= 15 is 0 Å². The predicted molar refractivity (Wildman–Crippen MR) is 66.8 cm³/mol. The molecule has 2 heterocycles. The minimum Gasteiger partial charge on any atom is -0.374 e. The van der Waals surface area contributed by atoms with Crippen LogP contribution in [0.1, 0.15) is 40.0 Å². The number of carbonyl (C=O) groups is 1. The molecule has 1 unspecified atom stereocenters. The fourth-order valence-corrected chi connectivity index (χ4v) is 2.84.